The predicted octanol–water partition coefficient (Wildman–Crippen LogP) is 6.93. The van der Waals surface area contributed by atoms with Crippen LogP contribution in [0.1, 0.15) is 63.4 Å². The molecule has 0 unspecified atom stereocenters. The number of hydrogen-bond donors (Lipinski definition) is 2. The minimum atomic E-state index is -4.54. The molecular weight excluding hydrogens is 553 g/mol. The highest BCUT2D eigenvalue weighted by Crippen LogP contribution is 2.55. The number of rotatable bonds is 7. The largest absolute Gasteiger partial charge is 0.413 e. The molecule has 0 spiro atoms. The summed E-state index contributed by atoms with van der Waals surface area (Å²) >= 11 is 6.51. The first-order valence-electron chi connectivity index (χ1n) is 13.3. The summed E-state index contributed by atoms with van der Waals surface area (Å²) in [5, 5.41) is 34.5. The third-order valence-electron chi connectivity index (χ3n) is 6.86. The van der Waals surface area contributed by atoms with Crippen LogP contribution in [0.3, 0.4) is 0 Å². The molecule has 0 bridgehead atoms. The summed E-state index contributed by atoms with van der Waals surface area (Å²) in [5.41, 5.74) is -0.712. The second kappa shape index (κ2) is 10.2. The van der Waals surface area contributed by atoms with Gasteiger partial charge in [-0.2, -0.15) is 23.7 Å². The fourth-order valence-electron chi connectivity index (χ4n) is 4.52. The van der Waals surface area contributed by atoms with Crippen LogP contribution < -0.4 is 10.6 Å². The Morgan fingerprint density at radius 2 is 1.85 bits per heavy atom. The fourth-order valence-corrected chi connectivity index (χ4v) is 4.75. The number of nitriles is 2. The Bertz CT molecular complexity index is 1760. The van der Waals surface area contributed by atoms with E-state index in [-0.39, 0.29) is 51.4 Å². The monoisotopic (exact) mass is 579 g/mol. The summed E-state index contributed by atoms with van der Waals surface area (Å²) in [6.07, 6.45) is -2.31. The van der Waals surface area contributed by atoms with Crippen LogP contribution >= 0.6 is 11.6 Å². The number of anilines is 2. The van der Waals surface area contributed by atoms with Gasteiger partial charge in [0.15, 0.2) is 5.54 Å². The van der Waals surface area contributed by atoms with Crippen molar-refractivity contribution in [1.82, 2.24) is 20.0 Å². The van der Waals surface area contributed by atoms with Crippen molar-refractivity contribution in [3.8, 4) is 12.1 Å². The molecule has 2 heterocycles. The quantitative estimate of drug-likeness (QED) is 0.244. The lowest BCUT2D eigenvalue weighted by Gasteiger charge is -2.23. The van der Waals surface area contributed by atoms with Gasteiger partial charge in [-0.25, -0.2) is 4.68 Å². The van der Waals surface area contributed by atoms with Crippen LogP contribution in [0.15, 0.2) is 48.8 Å². The van der Waals surface area contributed by atoms with Gasteiger partial charge in [0.2, 0.25) is 0 Å². The molecule has 41 heavy (non-hydrogen) atoms. The van der Waals surface area contributed by atoms with E-state index in [1.54, 1.807) is 30.3 Å². The molecule has 0 radical (unpaired) electrons. The summed E-state index contributed by atoms with van der Waals surface area (Å²) in [6, 6.07) is 11.8. The molecule has 4 aromatic rings. The van der Waals surface area contributed by atoms with Crippen LogP contribution in [-0.2, 0) is 5.54 Å². The van der Waals surface area contributed by atoms with E-state index >= 15 is 0 Å². The topological polar surface area (TPSA) is 115 Å². The molecule has 210 valence electrons. The maximum absolute atomic E-state index is 13.9. The van der Waals surface area contributed by atoms with Crippen LogP contribution in [0.4, 0.5) is 24.5 Å². The minimum absolute atomic E-state index is 0.125. The Kier molecular flexibility index (Phi) is 6.71. The van der Waals surface area contributed by atoms with Gasteiger partial charge in [-0.3, -0.25) is 4.98 Å². The van der Waals surface area contributed by atoms with Gasteiger partial charge in [0.25, 0.3) is 0 Å². The molecule has 0 saturated heterocycles. The number of nitrogens with one attached hydrogen (secondary N) is 2. The number of pyridine rings is 1. The van der Waals surface area contributed by atoms with Gasteiger partial charge in [-0.15, -0.1) is 5.10 Å². The lowest BCUT2D eigenvalue weighted by molar-refractivity contribution is -0.182. The number of alkyl halides is 3. The van der Waals surface area contributed by atoms with Gasteiger partial charge in [0, 0.05) is 28.8 Å². The SMILES string of the molecule is [2H][C@@](Nc1cc(C#N)c2ncc(C#N)c(NCC(C)(C)C)c2c1)(c1cn(C2(C(F)(F)F)CC2)nn1)c1ccccc1Cl. The van der Waals surface area contributed by atoms with Crippen LogP contribution in [0.5, 0.6) is 0 Å². The third kappa shape index (κ3) is 5.38. The standard InChI is InChI=1S/C29H26ClF3N8/c1-27(2,3)16-37-25-18(13-35)14-36-24-17(12-34)10-19(11-21(24)25)38-26(20-6-4-5-7-22(20)30)23-15-41(40-39-23)28(8-9-28)29(31,32)33/h4-7,10-11,14-15,26,38H,8-9,16H2,1-3H3,(H,36,37)/t26-/m0/s1/i26D. The molecular formula is C29H26ClF3N8. The molecule has 12 heteroatoms. The Morgan fingerprint density at radius 3 is 2.46 bits per heavy atom. The Morgan fingerprint density at radius 1 is 1.15 bits per heavy atom. The number of aromatic nitrogens is 4. The van der Waals surface area contributed by atoms with Crippen molar-refractivity contribution >= 4 is 33.9 Å². The van der Waals surface area contributed by atoms with Gasteiger partial charge in [0.05, 0.1) is 35.9 Å². The first-order chi connectivity index (χ1) is 19.7. The molecule has 1 atom stereocenters. The van der Waals surface area contributed by atoms with Gasteiger partial charge >= 0.3 is 6.18 Å². The highest BCUT2D eigenvalue weighted by Gasteiger charge is 2.66. The van der Waals surface area contributed by atoms with Crippen molar-refractivity contribution in [2.75, 3.05) is 17.2 Å². The number of nitrogens with zero attached hydrogens (tertiary/aromatic N) is 6. The van der Waals surface area contributed by atoms with E-state index in [4.69, 9.17) is 11.6 Å². The van der Waals surface area contributed by atoms with Gasteiger partial charge < -0.3 is 10.6 Å². The average molecular weight is 580 g/mol. The molecule has 8 nitrogen and oxygen atoms in total. The zero-order chi connectivity index (χ0) is 30.5. The van der Waals surface area contributed by atoms with Crippen LogP contribution in [0, 0.1) is 28.1 Å². The molecule has 2 N–H and O–H groups in total. The van der Waals surface area contributed by atoms with E-state index in [1.807, 2.05) is 20.8 Å². The van der Waals surface area contributed by atoms with Crippen molar-refractivity contribution in [2.24, 2.45) is 5.41 Å². The van der Waals surface area contributed by atoms with Crippen molar-refractivity contribution < 1.29 is 14.5 Å². The lowest BCUT2D eigenvalue weighted by Crippen LogP contribution is -2.35. The van der Waals surface area contributed by atoms with Crippen LogP contribution in [0.25, 0.3) is 10.9 Å². The average Bonchev–Trinajstić information content (AvgIpc) is 3.60. The van der Waals surface area contributed by atoms with E-state index in [1.165, 1.54) is 12.3 Å². The van der Waals surface area contributed by atoms with Crippen molar-refractivity contribution in [3.05, 3.63) is 76.2 Å². The Hall–Kier alpha value is -4.35. The van der Waals surface area contributed by atoms with Crippen LogP contribution in [-0.4, -0.2) is 32.7 Å². The summed E-state index contributed by atoms with van der Waals surface area (Å²) < 4.78 is 51.9. The fraction of sp³-hybridized carbons (Fsp3) is 0.345. The number of halogens is 4. The Balaban J connectivity index is 1.67. The maximum Gasteiger partial charge on any atom is 0.413 e. The predicted molar refractivity (Wildman–Crippen MR) is 149 cm³/mol. The van der Waals surface area contributed by atoms with E-state index in [0.717, 1.165) is 10.9 Å². The maximum atomic E-state index is 13.9. The van der Waals surface area contributed by atoms with Crippen LogP contribution in [0.2, 0.25) is 5.02 Å². The van der Waals surface area contributed by atoms with Gasteiger partial charge in [0.1, 0.15) is 17.8 Å². The molecule has 1 saturated carbocycles. The number of benzene rings is 2. The van der Waals surface area contributed by atoms with Crippen molar-refractivity contribution in [2.45, 2.75) is 51.3 Å². The molecule has 1 aliphatic carbocycles. The zero-order valence-electron chi connectivity index (χ0n) is 23.4. The molecule has 1 fully saturated rings. The van der Waals surface area contributed by atoms with Gasteiger partial charge in [-0.1, -0.05) is 55.8 Å². The normalized spacial score (nSPS) is 16.3. The highest BCUT2D eigenvalue weighted by atomic mass is 35.5. The summed E-state index contributed by atoms with van der Waals surface area (Å²) in [4.78, 5) is 4.34. The van der Waals surface area contributed by atoms with E-state index in [9.17, 15) is 25.1 Å². The van der Waals surface area contributed by atoms with Crippen molar-refractivity contribution in [1.29, 1.82) is 10.5 Å². The van der Waals surface area contributed by atoms with E-state index in [0.29, 0.717) is 23.1 Å². The summed E-state index contributed by atoms with van der Waals surface area (Å²) in [6.45, 7) is 6.59. The number of hydrogen-bond acceptors (Lipinski definition) is 7. The Labute approximate surface area is 241 Å². The first-order valence-corrected chi connectivity index (χ1v) is 13.1. The molecule has 1 aliphatic rings. The number of fused-ring (bicyclic) bond motifs is 1. The summed E-state index contributed by atoms with van der Waals surface area (Å²) in [7, 11) is 0. The zero-order valence-corrected chi connectivity index (χ0v) is 23.2. The van der Waals surface area contributed by atoms with Crippen molar-refractivity contribution in [3.63, 3.8) is 0 Å². The highest BCUT2D eigenvalue weighted by molar-refractivity contribution is 6.31. The molecule has 0 aliphatic heterocycles. The smallest absolute Gasteiger partial charge is 0.383 e. The van der Waals surface area contributed by atoms with Gasteiger partial charge in [-0.05, 0) is 42.0 Å². The molecule has 2 aromatic heterocycles. The third-order valence-corrected chi connectivity index (χ3v) is 7.19. The molecule has 2 aromatic carbocycles. The summed E-state index contributed by atoms with van der Waals surface area (Å²) in [5.74, 6) is 0. The lowest BCUT2D eigenvalue weighted by atomic mass is 9.96. The molecule has 0 amide bonds. The van der Waals surface area contributed by atoms with E-state index in [2.05, 4.69) is 38.1 Å². The second-order valence-electron chi connectivity index (χ2n) is 11.2. The minimum Gasteiger partial charge on any atom is -0.383 e. The van der Waals surface area contributed by atoms with E-state index < -0.39 is 17.7 Å². The second-order valence-corrected chi connectivity index (χ2v) is 11.6. The first kappa shape index (κ1) is 26.9. The molecule has 5 rings (SSSR count).